The molecule has 0 atom stereocenters. The Balaban J connectivity index is 1.29. The van der Waals surface area contributed by atoms with Gasteiger partial charge in [0, 0.05) is 0 Å². The van der Waals surface area contributed by atoms with Gasteiger partial charge in [-0.25, -0.2) is 4.98 Å². The standard InChI is InChI=1S/C20H15N3O4S2/c24-18(15-9-8-14(27-15)12-26-13-5-2-1-3-6-13)22-23-19(25)17-11-21-20(29-17)16-7-4-10-28-16/h1-11H,12H2,(H,22,24)(H,23,25). The summed E-state index contributed by atoms with van der Waals surface area (Å²) < 4.78 is 11.0. The number of amides is 2. The molecule has 0 saturated heterocycles. The predicted octanol–water partition coefficient (Wildman–Crippen LogP) is 4.12. The van der Waals surface area contributed by atoms with Crippen LogP contribution in [0.15, 0.2) is 70.6 Å². The summed E-state index contributed by atoms with van der Waals surface area (Å²) in [4.78, 5) is 30.0. The van der Waals surface area contributed by atoms with Crippen LogP contribution in [0.4, 0.5) is 0 Å². The zero-order valence-corrected chi connectivity index (χ0v) is 16.6. The van der Waals surface area contributed by atoms with Gasteiger partial charge >= 0.3 is 5.91 Å². The number of furan rings is 1. The van der Waals surface area contributed by atoms with Crippen LogP contribution in [-0.2, 0) is 6.61 Å². The van der Waals surface area contributed by atoms with Crippen molar-refractivity contribution in [2.24, 2.45) is 0 Å². The fourth-order valence-corrected chi connectivity index (χ4v) is 3.99. The quantitative estimate of drug-likeness (QED) is 0.453. The molecular weight excluding hydrogens is 410 g/mol. The van der Waals surface area contributed by atoms with Crippen molar-refractivity contribution in [3.8, 4) is 15.6 Å². The van der Waals surface area contributed by atoms with Crippen molar-refractivity contribution in [3.63, 3.8) is 0 Å². The summed E-state index contributed by atoms with van der Waals surface area (Å²) in [5.41, 5.74) is 4.70. The number of para-hydroxylation sites is 1. The predicted molar refractivity (Wildman–Crippen MR) is 110 cm³/mol. The van der Waals surface area contributed by atoms with Crippen molar-refractivity contribution in [3.05, 3.63) is 82.6 Å². The molecule has 3 aromatic heterocycles. The highest BCUT2D eigenvalue weighted by Crippen LogP contribution is 2.28. The summed E-state index contributed by atoms with van der Waals surface area (Å²) in [7, 11) is 0. The van der Waals surface area contributed by atoms with Gasteiger partial charge in [0.1, 0.15) is 28.0 Å². The molecule has 2 amide bonds. The third kappa shape index (κ3) is 4.71. The van der Waals surface area contributed by atoms with Gasteiger partial charge in [0.2, 0.25) is 0 Å². The Morgan fingerprint density at radius 3 is 2.62 bits per heavy atom. The highest BCUT2D eigenvalue weighted by atomic mass is 32.1. The summed E-state index contributed by atoms with van der Waals surface area (Å²) in [5.74, 6) is 0.257. The maximum absolute atomic E-state index is 12.2. The topological polar surface area (TPSA) is 93.5 Å². The minimum absolute atomic E-state index is 0.0699. The number of hydrogen-bond donors (Lipinski definition) is 2. The van der Waals surface area contributed by atoms with Crippen LogP contribution in [0.2, 0.25) is 0 Å². The number of thiophene rings is 1. The number of rotatable bonds is 6. The molecule has 0 spiro atoms. The Bertz CT molecular complexity index is 1100. The third-order valence-corrected chi connectivity index (χ3v) is 5.80. The summed E-state index contributed by atoms with van der Waals surface area (Å²) in [6.07, 6.45) is 1.48. The molecule has 0 fully saturated rings. The first-order valence-electron chi connectivity index (χ1n) is 8.56. The van der Waals surface area contributed by atoms with E-state index in [0.717, 1.165) is 9.88 Å². The van der Waals surface area contributed by atoms with Crippen molar-refractivity contribution in [1.82, 2.24) is 15.8 Å². The molecule has 0 saturated carbocycles. The summed E-state index contributed by atoms with van der Waals surface area (Å²) >= 11 is 2.80. The number of carbonyl (C=O) groups excluding carboxylic acids is 2. The van der Waals surface area contributed by atoms with Gasteiger partial charge in [0.25, 0.3) is 5.91 Å². The van der Waals surface area contributed by atoms with Crippen LogP contribution in [0.5, 0.6) is 5.75 Å². The molecule has 0 aliphatic heterocycles. The lowest BCUT2D eigenvalue weighted by molar-refractivity contribution is 0.0830. The number of carbonyl (C=O) groups is 2. The van der Waals surface area contributed by atoms with Crippen molar-refractivity contribution >= 4 is 34.5 Å². The number of thiazole rings is 1. The molecule has 29 heavy (non-hydrogen) atoms. The summed E-state index contributed by atoms with van der Waals surface area (Å²) in [5, 5.41) is 2.70. The normalized spacial score (nSPS) is 10.5. The largest absolute Gasteiger partial charge is 0.486 e. The Morgan fingerprint density at radius 2 is 1.83 bits per heavy atom. The van der Waals surface area contributed by atoms with E-state index in [4.69, 9.17) is 9.15 Å². The highest BCUT2D eigenvalue weighted by Gasteiger charge is 2.15. The van der Waals surface area contributed by atoms with Crippen molar-refractivity contribution < 1.29 is 18.7 Å². The van der Waals surface area contributed by atoms with E-state index in [1.165, 1.54) is 23.6 Å². The number of benzene rings is 1. The molecule has 0 aliphatic carbocycles. The lowest BCUT2D eigenvalue weighted by atomic mass is 10.3. The first-order chi connectivity index (χ1) is 14.2. The monoisotopic (exact) mass is 425 g/mol. The van der Waals surface area contributed by atoms with Gasteiger partial charge in [0.05, 0.1) is 11.1 Å². The Morgan fingerprint density at radius 1 is 1.00 bits per heavy atom. The van der Waals surface area contributed by atoms with Crippen LogP contribution < -0.4 is 15.6 Å². The number of nitrogens with zero attached hydrogens (tertiary/aromatic N) is 1. The lowest BCUT2D eigenvalue weighted by Crippen LogP contribution is -2.41. The number of hydrogen-bond acceptors (Lipinski definition) is 7. The van der Waals surface area contributed by atoms with Crippen LogP contribution in [0.3, 0.4) is 0 Å². The first-order valence-corrected chi connectivity index (χ1v) is 10.3. The van der Waals surface area contributed by atoms with E-state index < -0.39 is 11.8 Å². The molecule has 4 rings (SSSR count). The van der Waals surface area contributed by atoms with Crippen molar-refractivity contribution in [1.29, 1.82) is 0 Å². The zero-order valence-electron chi connectivity index (χ0n) is 15.0. The van der Waals surface area contributed by atoms with Gasteiger partial charge < -0.3 is 9.15 Å². The number of aromatic nitrogens is 1. The minimum atomic E-state index is -0.563. The van der Waals surface area contributed by atoms with E-state index in [-0.39, 0.29) is 12.4 Å². The van der Waals surface area contributed by atoms with Crippen LogP contribution in [0, 0.1) is 0 Å². The number of nitrogens with one attached hydrogen (secondary N) is 2. The lowest BCUT2D eigenvalue weighted by Gasteiger charge is -2.04. The second kappa shape index (κ2) is 8.72. The van der Waals surface area contributed by atoms with Crippen molar-refractivity contribution in [2.45, 2.75) is 6.61 Å². The molecule has 2 N–H and O–H groups in total. The first kappa shape index (κ1) is 18.9. The van der Waals surface area contributed by atoms with Gasteiger partial charge in [-0.2, -0.15) is 0 Å². The van der Waals surface area contributed by atoms with Gasteiger partial charge in [-0.15, -0.1) is 22.7 Å². The zero-order chi connectivity index (χ0) is 20.1. The summed E-state index contributed by atoms with van der Waals surface area (Å²) in [6, 6.07) is 16.3. The molecule has 0 radical (unpaired) electrons. The maximum Gasteiger partial charge on any atom is 0.305 e. The smallest absolute Gasteiger partial charge is 0.305 e. The molecule has 9 heteroatoms. The molecule has 146 valence electrons. The maximum atomic E-state index is 12.2. The minimum Gasteiger partial charge on any atom is -0.486 e. The Hall–Kier alpha value is -3.43. The van der Waals surface area contributed by atoms with E-state index in [2.05, 4.69) is 15.8 Å². The van der Waals surface area contributed by atoms with E-state index >= 15 is 0 Å². The van der Waals surface area contributed by atoms with E-state index in [9.17, 15) is 9.59 Å². The SMILES string of the molecule is O=C(NNC(=O)c1cnc(-c2cccs2)s1)c1ccc(COc2ccccc2)o1. The van der Waals surface area contributed by atoms with E-state index in [1.54, 1.807) is 17.4 Å². The fourth-order valence-electron chi connectivity index (χ4n) is 2.38. The average Bonchev–Trinajstić information content (AvgIpc) is 3.51. The third-order valence-electron chi connectivity index (χ3n) is 3.76. The molecule has 7 nitrogen and oxygen atoms in total. The van der Waals surface area contributed by atoms with Crippen LogP contribution in [0.25, 0.3) is 9.88 Å². The Labute approximate surface area is 173 Å². The summed E-state index contributed by atoms with van der Waals surface area (Å²) in [6.45, 7) is 0.190. The van der Waals surface area contributed by atoms with Gasteiger partial charge in [-0.1, -0.05) is 24.3 Å². The average molecular weight is 425 g/mol. The fraction of sp³-hybridized carbons (Fsp3) is 0.0500. The second-order valence-corrected chi connectivity index (χ2v) is 7.76. The van der Waals surface area contributed by atoms with Gasteiger partial charge in [0.15, 0.2) is 5.76 Å². The van der Waals surface area contributed by atoms with Gasteiger partial charge in [-0.3, -0.25) is 20.4 Å². The molecular formula is C20H15N3O4S2. The molecule has 3 heterocycles. The van der Waals surface area contributed by atoms with Crippen molar-refractivity contribution in [2.75, 3.05) is 0 Å². The number of ether oxygens (including phenoxy) is 1. The Kier molecular flexibility index (Phi) is 5.68. The second-order valence-electron chi connectivity index (χ2n) is 5.78. The molecule has 0 aliphatic rings. The van der Waals surface area contributed by atoms with Crippen LogP contribution in [-0.4, -0.2) is 16.8 Å². The van der Waals surface area contributed by atoms with E-state index in [1.807, 2.05) is 47.8 Å². The molecule has 0 unspecified atom stereocenters. The molecule has 1 aromatic carbocycles. The molecule has 0 bridgehead atoms. The molecule has 4 aromatic rings. The van der Waals surface area contributed by atoms with Gasteiger partial charge in [-0.05, 0) is 35.7 Å². The van der Waals surface area contributed by atoms with Crippen LogP contribution in [0.1, 0.15) is 26.0 Å². The van der Waals surface area contributed by atoms with E-state index in [0.29, 0.717) is 16.4 Å². The highest BCUT2D eigenvalue weighted by molar-refractivity contribution is 7.21. The number of hydrazine groups is 1. The van der Waals surface area contributed by atoms with Crippen LogP contribution >= 0.6 is 22.7 Å².